The van der Waals surface area contributed by atoms with Crippen LogP contribution in [0.15, 0.2) is 30.3 Å². The number of nitrogens with zero attached hydrogens (tertiary/aromatic N) is 3. The van der Waals surface area contributed by atoms with E-state index in [4.69, 9.17) is 9.47 Å². The number of ether oxygens (including phenoxy) is 2. The molecule has 39 heavy (non-hydrogen) atoms. The van der Waals surface area contributed by atoms with Crippen LogP contribution in [0.2, 0.25) is 0 Å². The molecule has 0 atom stereocenters. The van der Waals surface area contributed by atoms with Crippen LogP contribution in [-0.2, 0) is 14.3 Å². The van der Waals surface area contributed by atoms with Gasteiger partial charge in [0.1, 0.15) is 11.9 Å². The fourth-order valence-corrected chi connectivity index (χ4v) is 5.85. The summed E-state index contributed by atoms with van der Waals surface area (Å²) in [4.78, 5) is 29.1. The summed E-state index contributed by atoms with van der Waals surface area (Å²) in [7, 11) is 0. The smallest absolute Gasteiger partial charge is 0.225 e. The number of fused-ring (bicyclic) bond motifs is 1. The number of hydrogen-bond acceptors (Lipinski definition) is 6. The SMILES string of the molecule is CC(=O)Nc1ccc(-c2cc(OC3CCOCC3)c3c(C)[nH]nc3c2)cc1N1CCN(C(=O)C2CCC2)CC1. The van der Waals surface area contributed by atoms with Gasteiger partial charge in [0.25, 0.3) is 0 Å². The van der Waals surface area contributed by atoms with Gasteiger partial charge in [0, 0.05) is 57.6 Å². The number of carbonyl (C=O) groups is 2. The van der Waals surface area contributed by atoms with E-state index in [0.29, 0.717) is 32.2 Å². The largest absolute Gasteiger partial charge is 0.489 e. The van der Waals surface area contributed by atoms with Crippen LogP contribution >= 0.6 is 0 Å². The second kappa shape index (κ2) is 10.9. The van der Waals surface area contributed by atoms with Crippen molar-refractivity contribution in [3.63, 3.8) is 0 Å². The Kier molecular flexibility index (Phi) is 7.16. The molecular formula is C30H37N5O4. The Labute approximate surface area is 228 Å². The minimum atomic E-state index is -0.108. The number of rotatable bonds is 6. The molecule has 3 fully saturated rings. The van der Waals surface area contributed by atoms with Crippen molar-refractivity contribution in [2.75, 3.05) is 49.6 Å². The Morgan fingerprint density at radius 1 is 1.03 bits per heavy atom. The number of carbonyl (C=O) groups excluding carboxylic acids is 2. The first-order valence-corrected chi connectivity index (χ1v) is 14.1. The molecule has 2 amide bonds. The molecule has 2 N–H and O–H groups in total. The number of aromatic nitrogens is 2. The normalized spacial score (nSPS) is 18.7. The standard InChI is InChI=1S/C30H37N5O4/c1-19-29-26(33-32-19)16-23(18-28(29)39-24-8-14-38-15-9-24)22-6-7-25(31-20(2)36)27(17-22)34-10-12-35(13-11-34)30(37)21-4-3-5-21/h6-7,16-18,21,24H,3-5,8-15H2,1-2H3,(H,31,36)(H,32,33). The Balaban J connectivity index is 1.30. The molecule has 0 spiro atoms. The van der Waals surface area contributed by atoms with E-state index >= 15 is 0 Å². The molecule has 9 heteroatoms. The summed E-state index contributed by atoms with van der Waals surface area (Å²) in [5.74, 6) is 1.24. The Bertz CT molecular complexity index is 1370. The van der Waals surface area contributed by atoms with E-state index < -0.39 is 0 Å². The molecule has 2 aromatic carbocycles. The zero-order valence-electron chi connectivity index (χ0n) is 22.8. The van der Waals surface area contributed by atoms with Gasteiger partial charge in [-0.3, -0.25) is 14.7 Å². The van der Waals surface area contributed by atoms with Gasteiger partial charge in [-0.15, -0.1) is 0 Å². The van der Waals surface area contributed by atoms with E-state index in [1.54, 1.807) is 0 Å². The summed E-state index contributed by atoms with van der Waals surface area (Å²) < 4.78 is 12.0. The van der Waals surface area contributed by atoms with E-state index in [0.717, 1.165) is 90.0 Å². The van der Waals surface area contributed by atoms with Crippen LogP contribution in [0.1, 0.15) is 44.7 Å². The molecule has 3 heterocycles. The summed E-state index contributed by atoms with van der Waals surface area (Å²) in [6, 6.07) is 10.3. The van der Waals surface area contributed by atoms with E-state index in [1.807, 2.05) is 24.0 Å². The van der Waals surface area contributed by atoms with Crippen LogP contribution in [0.4, 0.5) is 11.4 Å². The van der Waals surface area contributed by atoms with Crippen LogP contribution in [0, 0.1) is 12.8 Å². The van der Waals surface area contributed by atoms with Gasteiger partial charge in [0.05, 0.1) is 35.5 Å². The zero-order valence-corrected chi connectivity index (χ0v) is 22.8. The monoisotopic (exact) mass is 531 g/mol. The van der Waals surface area contributed by atoms with Gasteiger partial charge < -0.3 is 24.6 Å². The van der Waals surface area contributed by atoms with Gasteiger partial charge in [-0.25, -0.2) is 0 Å². The van der Waals surface area contributed by atoms with Crippen molar-refractivity contribution >= 4 is 34.1 Å². The number of anilines is 2. The quantitative estimate of drug-likeness (QED) is 0.486. The van der Waals surface area contributed by atoms with Crippen LogP contribution in [-0.4, -0.2) is 72.4 Å². The predicted molar refractivity (Wildman–Crippen MR) is 151 cm³/mol. The van der Waals surface area contributed by atoms with Crippen LogP contribution in [0.5, 0.6) is 5.75 Å². The topological polar surface area (TPSA) is 99.8 Å². The summed E-state index contributed by atoms with van der Waals surface area (Å²) in [6.45, 7) is 7.81. The lowest BCUT2D eigenvalue weighted by molar-refractivity contribution is -0.138. The van der Waals surface area contributed by atoms with Gasteiger partial charge in [0.2, 0.25) is 11.8 Å². The number of aromatic amines is 1. The highest BCUT2D eigenvalue weighted by molar-refractivity contribution is 5.96. The minimum absolute atomic E-state index is 0.108. The molecule has 3 aromatic rings. The fraction of sp³-hybridized carbons (Fsp3) is 0.500. The molecule has 2 aliphatic heterocycles. The average molecular weight is 532 g/mol. The molecule has 1 aromatic heterocycles. The van der Waals surface area contributed by atoms with Crippen LogP contribution < -0.4 is 15.0 Å². The number of benzene rings is 2. The van der Waals surface area contributed by atoms with E-state index in [-0.39, 0.29) is 17.9 Å². The summed E-state index contributed by atoms with van der Waals surface area (Å²) in [5.41, 5.74) is 5.61. The lowest BCUT2D eigenvalue weighted by atomic mass is 9.84. The van der Waals surface area contributed by atoms with Crippen molar-refractivity contribution in [3.8, 4) is 16.9 Å². The maximum atomic E-state index is 12.8. The fourth-order valence-electron chi connectivity index (χ4n) is 5.85. The molecule has 0 unspecified atom stereocenters. The third kappa shape index (κ3) is 5.32. The molecule has 2 saturated heterocycles. The first kappa shape index (κ1) is 25.7. The molecule has 1 saturated carbocycles. The molecular weight excluding hydrogens is 494 g/mol. The van der Waals surface area contributed by atoms with Crippen molar-refractivity contribution in [2.24, 2.45) is 5.92 Å². The molecule has 6 rings (SSSR count). The summed E-state index contributed by atoms with van der Waals surface area (Å²) in [5, 5.41) is 11.7. The number of aryl methyl sites for hydroxylation is 1. The predicted octanol–water partition coefficient (Wildman–Crippen LogP) is 4.50. The number of amides is 2. The van der Waals surface area contributed by atoms with E-state index in [2.05, 4.69) is 38.6 Å². The van der Waals surface area contributed by atoms with Gasteiger partial charge in [-0.1, -0.05) is 12.5 Å². The minimum Gasteiger partial charge on any atom is -0.489 e. The van der Waals surface area contributed by atoms with Gasteiger partial charge in [-0.05, 0) is 55.2 Å². The first-order valence-electron chi connectivity index (χ1n) is 14.1. The van der Waals surface area contributed by atoms with Crippen LogP contribution in [0.3, 0.4) is 0 Å². The highest BCUT2D eigenvalue weighted by Gasteiger charge is 2.31. The third-order valence-electron chi connectivity index (χ3n) is 8.29. The molecule has 0 radical (unpaired) electrons. The molecule has 0 bridgehead atoms. The van der Waals surface area contributed by atoms with Crippen molar-refractivity contribution in [1.29, 1.82) is 0 Å². The van der Waals surface area contributed by atoms with Crippen LogP contribution in [0.25, 0.3) is 22.0 Å². The maximum Gasteiger partial charge on any atom is 0.225 e. The molecule has 206 valence electrons. The summed E-state index contributed by atoms with van der Waals surface area (Å²) in [6.07, 6.45) is 5.06. The number of nitrogens with one attached hydrogen (secondary N) is 2. The van der Waals surface area contributed by atoms with Gasteiger partial charge in [0.15, 0.2) is 0 Å². The average Bonchev–Trinajstić information content (AvgIpc) is 3.29. The zero-order chi connectivity index (χ0) is 26.9. The number of piperazine rings is 1. The Morgan fingerprint density at radius 2 is 1.79 bits per heavy atom. The third-order valence-corrected chi connectivity index (χ3v) is 8.29. The number of H-pyrrole nitrogens is 1. The van der Waals surface area contributed by atoms with Crippen molar-refractivity contribution in [3.05, 3.63) is 36.0 Å². The molecule has 3 aliphatic rings. The van der Waals surface area contributed by atoms with Crippen molar-refractivity contribution in [1.82, 2.24) is 15.1 Å². The highest BCUT2D eigenvalue weighted by atomic mass is 16.5. The first-order chi connectivity index (χ1) is 19.0. The van der Waals surface area contributed by atoms with Crippen molar-refractivity contribution < 1.29 is 19.1 Å². The molecule has 1 aliphatic carbocycles. The second-order valence-corrected chi connectivity index (χ2v) is 11.0. The summed E-state index contributed by atoms with van der Waals surface area (Å²) >= 11 is 0. The van der Waals surface area contributed by atoms with Gasteiger partial charge in [-0.2, -0.15) is 5.10 Å². The lowest BCUT2D eigenvalue weighted by Gasteiger charge is -2.39. The van der Waals surface area contributed by atoms with E-state index in [1.165, 1.54) is 6.92 Å². The molecule has 9 nitrogen and oxygen atoms in total. The van der Waals surface area contributed by atoms with Crippen molar-refractivity contribution in [2.45, 2.75) is 52.1 Å². The number of hydrogen-bond donors (Lipinski definition) is 2. The Morgan fingerprint density at radius 3 is 2.49 bits per heavy atom. The maximum absolute atomic E-state index is 12.8. The lowest BCUT2D eigenvalue weighted by Crippen LogP contribution is -2.51. The van der Waals surface area contributed by atoms with E-state index in [9.17, 15) is 9.59 Å². The Hall–Kier alpha value is -3.59. The van der Waals surface area contributed by atoms with Gasteiger partial charge >= 0.3 is 0 Å². The highest BCUT2D eigenvalue weighted by Crippen LogP contribution is 2.38. The second-order valence-electron chi connectivity index (χ2n) is 11.0.